The van der Waals surface area contributed by atoms with Gasteiger partial charge in [-0.1, -0.05) is 13.8 Å². The highest BCUT2D eigenvalue weighted by atomic mass is 19.4. The van der Waals surface area contributed by atoms with Crippen molar-refractivity contribution in [3.63, 3.8) is 0 Å². The average Bonchev–Trinajstić information content (AvgIpc) is 2.69. The predicted octanol–water partition coefficient (Wildman–Crippen LogP) is 5.05. The van der Waals surface area contributed by atoms with Gasteiger partial charge in [-0.3, -0.25) is 4.98 Å². The molecule has 2 aromatic heterocycles. The highest BCUT2D eigenvalue weighted by Gasteiger charge is 2.41. The summed E-state index contributed by atoms with van der Waals surface area (Å²) < 4.78 is 72.1. The van der Waals surface area contributed by atoms with Gasteiger partial charge in [0.25, 0.3) is 5.92 Å². The SMILES string of the molecule is COC1C=C(Nc2nc(NCc3cnccc3C(C)(F)F)ncc2CC(F)(F)F)C1(C)C. The van der Waals surface area contributed by atoms with Gasteiger partial charge in [0, 0.05) is 61.4 Å². The van der Waals surface area contributed by atoms with E-state index < -0.39 is 23.9 Å². The van der Waals surface area contributed by atoms with Crippen molar-refractivity contribution < 1.29 is 26.7 Å². The normalized spacial score (nSPS) is 18.0. The number of halogens is 5. The van der Waals surface area contributed by atoms with Crippen LogP contribution in [0.3, 0.4) is 0 Å². The number of methoxy groups -OCH3 is 1. The molecule has 0 fully saturated rings. The molecule has 1 unspecified atom stereocenters. The summed E-state index contributed by atoms with van der Waals surface area (Å²) in [5, 5.41) is 5.75. The Kier molecular flexibility index (Phi) is 6.41. The van der Waals surface area contributed by atoms with E-state index in [1.165, 1.54) is 18.5 Å². The van der Waals surface area contributed by atoms with E-state index >= 15 is 0 Å². The monoisotopic (exact) mass is 457 g/mol. The molecule has 0 bridgehead atoms. The van der Waals surface area contributed by atoms with E-state index in [1.54, 1.807) is 13.2 Å². The Bertz CT molecular complexity index is 1000. The summed E-state index contributed by atoms with van der Waals surface area (Å²) in [7, 11) is 1.55. The second-order valence-electron chi connectivity index (χ2n) is 8.22. The Balaban J connectivity index is 1.85. The van der Waals surface area contributed by atoms with E-state index in [-0.39, 0.29) is 41.1 Å². The molecule has 11 heteroatoms. The first-order valence-corrected chi connectivity index (χ1v) is 9.81. The first kappa shape index (κ1) is 23.8. The van der Waals surface area contributed by atoms with Crippen LogP contribution >= 0.6 is 0 Å². The van der Waals surface area contributed by atoms with Crippen molar-refractivity contribution in [2.75, 3.05) is 17.7 Å². The molecule has 0 aromatic carbocycles. The van der Waals surface area contributed by atoms with Crippen LogP contribution in [0.15, 0.2) is 36.4 Å². The number of alkyl halides is 5. The number of ether oxygens (including phenoxy) is 1. The minimum atomic E-state index is -4.45. The molecule has 174 valence electrons. The van der Waals surface area contributed by atoms with Crippen molar-refractivity contribution in [3.8, 4) is 0 Å². The Morgan fingerprint density at radius 3 is 2.44 bits per heavy atom. The standard InChI is InChI=1S/C21H24F5N5O/c1-19(2)15(7-16(19)32-4)30-17-12(8-21(24,25)26)10-28-18(31-17)29-11-13-9-27-6-5-14(13)20(3,22)23/h5-7,9-10,16H,8,11H2,1-4H3,(H2,28,29,30,31). The number of rotatable bonds is 8. The summed E-state index contributed by atoms with van der Waals surface area (Å²) in [6.45, 7) is 4.48. The highest BCUT2D eigenvalue weighted by molar-refractivity contribution is 5.55. The molecule has 1 aliphatic rings. The summed E-state index contributed by atoms with van der Waals surface area (Å²) >= 11 is 0. The molecule has 0 radical (unpaired) electrons. The minimum Gasteiger partial charge on any atom is -0.376 e. The molecule has 1 atom stereocenters. The van der Waals surface area contributed by atoms with Crippen LogP contribution in [0.1, 0.15) is 37.5 Å². The van der Waals surface area contributed by atoms with Gasteiger partial charge in [0.15, 0.2) is 0 Å². The number of hydrogen-bond acceptors (Lipinski definition) is 6. The molecule has 2 N–H and O–H groups in total. The zero-order chi connectivity index (χ0) is 23.7. The maximum atomic E-state index is 13.8. The Morgan fingerprint density at radius 1 is 1.12 bits per heavy atom. The van der Waals surface area contributed by atoms with Crippen LogP contribution in [0.2, 0.25) is 0 Å². The topological polar surface area (TPSA) is 72.0 Å². The fourth-order valence-electron chi connectivity index (χ4n) is 3.44. The summed E-state index contributed by atoms with van der Waals surface area (Å²) in [6.07, 6.45) is -0.459. The van der Waals surface area contributed by atoms with Gasteiger partial charge in [-0.15, -0.1) is 0 Å². The van der Waals surface area contributed by atoms with E-state index in [0.717, 1.165) is 13.1 Å². The second-order valence-corrected chi connectivity index (χ2v) is 8.22. The number of pyridine rings is 1. The number of aromatic nitrogens is 3. The lowest BCUT2D eigenvalue weighted by Crippen LogP contribution is -2.43. The maximum Gasteiger partial charge on any atom is 0.393 e. The number of nitrogens with zero attached hydrogens (tertiary/aromatic N) is 3. The smallest absolute Gasteiger partial charge is 0.376 e. The highest BCUT2D eigenvalue weighted by Crippen LogP contribution is 2.42. The molecule has 2 heterocycles. The van der Waals surface area contributed by atoms with E-state index in [4.69, 9.17) is 4.74 Å². The third kappa shape index (κ3) is 5.32. The maximum absolute atomic E-state index is 13.8. The largest absolute Gasteiger partial charge is 0.393 e. The molecule has 0 aliphatic heterocycles. The molecule has 2 aromatic rings. The summed E-state index contributed by atoms with van der Waals surface area (Å²) in [4.78, 5) is 12.0. The molecular weight excluding hydrogens is 433 g/mol. The van der Waals surface area contributed by atoms with Crippen LogP contribution in [0.4, 0.5) is 33.7 Å². The lowest BCUT2D eigenvalue weighted by atomic mass is 9.73. The van der Waals surface area contributed by atoms with Crippen LogP contribution in [-0.4, -0.2) is 34.3 Å². The molecule has 0 amide bonds. The van der Waals surface area contributed by atoms with Crippen LogP contribution in [0, 0.1) is 5.41 Å². The first-order chi connectivity index (χ1) is 14.8. The van der Waals surface area contributed by atoms with Crippen LogP contribution in [-0.2, 0) is 23.6 Å². The minimum absolute atomic E-state index is 0.00586. The quantitative estimate of drug-likeness (QED) is 0.541. The van der Waals surface area contributed by atoms with Gasteiger partial charge < -0.3 is 15.4 Å². The van der Waals surface area contributed by atoms with Crippen LogP contribution < -0.4 is 10.6 Å². The molecule has 3 rings (SSSR count). The summed E-state index contributed by atoms with van der Waals surface area (Å²) in [5.41, 5.74) is 0.0998. The zero-order valence-electron chi connectivity index (χ0n) is 18.0. The van der Waals surface area contributed by atoms with Gasteiger partial charge in [0.05, 0.1) is 12.5 Å². The van der Waals surface area contributed by atoms with E-state index in [2.05, 4.69) is 25.6 Å². The summed E-state index contributed by atoms with van der Waals surface area (Å²) in [5.74, 6) is -3.10. The average molecular weight is 457 g/mol. The summed E-state index contributed by atoms with van der Waals surface area (Å²) in [6, 6.07) is 1.22. The Morgan fingerprint density at radius 2 is 1.84 bits per heavy atom. The van der Waals surface area contributed by atoms with Crippen molar-refractivity contribution in [1.82, 2.24) is 15.0 Å². The molecule has 0 saturated heterocycles. The van der Waals surface area contributed by atoms with Crippen molar-refractivity contribution in [2.45, 2.75) is 51.9 Å². The van der Waals surface area contributed by atoms with Crippen LogP contribution in [0.5, 0.6) is 0 Å². The Labute approximate surface area is 182 Å². The first-order valence-electron chi connectivity index (χ1n) is 9.81. The predicted molar refractivity (Wildman–Crippen MR) is 109 cm³/mol. The third-order valence-electron chi connectivity index (χ3n) is 5.30. The molecule has 0 saturated carbocycles. The fraction of sp³-hybridized carbons (Fsp3) is 0.476. The van der Waals surface area contributed by atoms with E-state index in [1.807, 2.05) is 13.8 Å². The lowest BCUT2D eigenvalue weighted by Gasteiger charge is -2.42. The van der Waals surface area contributed by atoms with Crippen molar-refractivity contribution >= 4 is 11.8 Å². The van der Waals surface area contributed by atoms with Gasteiger partial charge >= 0.3 is 6.18 Å². The number of hydrogen-bond donors (Lipinski definition) is 2. The van der Waals surface area contributed by atoms with Gasteiger partial charge in [-0.2, -0.15) is 18.2 Å². The zero-order valence-corrected chi connectivity index (χ0v) is 18.0. The molecule has 6 nitrogen and oxygen atoms in total. The van der Waals surface area contributed by atoms with Gasteiger partial charge in [0.1, 0.15) is 5.82 Å². The molecule has 32 heavy (non-hydrogen) atoms. The van der Waals surface area contributed by atoms with Gasteiger partial charge in [-0.05, 0) is 17.7 Å². The molecule has 0 spiro atoms. The van der Waals surface area contributed by atoms with E-state index in [0.29, 0.717) is 5.70 Å². The van der Waals surface area contributed by atoms with Crippen LogP contribution in [0.25, 0.3) is 0 Å². The molecular formula is C21H24F5N5O. The lowest BCUT2D eigenvalue weighted by molar-refractivity contribution is -0.127. The van der Waals surface area contributed by atoms with E-state index in [9.17, 15) is 22.0 Å². The van der Waals surface area contributed by atoms with Crippen molar-refractivity contribution in [3.05, 3.63) is 53.1 Å². The van der Waals surface area contributed by atoms with Gasteiger partial charge in [-0.25, -0.2) is 13.8 Å². The second kappa shape index (κ2) is 8.61. The van der Waals surface area contributed by atoms with Crippen molar-refractivity contribution in [2.24, 2.45) is 5.41 Å². The van der Waals surface area contributed by atoms with Crippen molar-refractivity contribution in [1.29, 1.82) is 0 Å². The van der Waals surface area contributed by atoms with Gasteiger partial charge in [0.2, 0.25) is 5.95 Å². The Hall–Kier alpha value is -2.82. The molecule has 1 aliphatic carbocycles. The number of anilines is 2. The number of nitrogens with one attached hydrogen (secondary N) is 2. The third-order valence-corrected chi connectivity index (χ3v) is 5.30. The fourth-order valence-corrected chi connectivity index (χ4v) is 3.44.